The van der Waals surface area contributed by atoms with Crippen molar-refractivity contribution < 1.29 is 9.90 Å². The molecule has 1 aromatic rings. The van der Waals surface area contributed by atoms with Crippen molar-refractivity contribution in [3.63, 3.8) is 0 Å². The molecule has 1 aliphatic carbocycles. The molecule has 1 N–H and O–H groups in total. The van der Waals surface area contributed by atoms with E-state index in [1.165, 1.54) is 42.4 Å². The molecule has 1 unspecified atom stereocenters. The van der Waals surface area contributed by atoms with E-state index in [0.29, 0.717) is 6.42 Å². The Labute approximate surface area is 115 Å². The molecule has 1 aliphatic rings. The number of aryl methyl sites for hydroxylation is 3. The summed E-state index contributed by atoms with van der Waals surface area (Å²) in [7, 11) is 3.65. The fourth-order valence-corrected chi connectivity index (χ4v) is 2.85. The number of fused-ring (bicyclic) bond motifs is 1. The fraction of sp³-hybridized carbons (Fsp3) is 0.562. The lowest BCUT2D eigenvalue weighted by atomic mass is 9.89. The average Bonchev–Trinajstić information content (AvgIpc) is 2.38. The van der Waals surface area contributed by atoms with Gasteiger partial charge >= 0.3 is 5.97 Å². The predicted molar refractivity (Wildman–Crippen MR) is 76.5 cm³/mol. The third-order valence-electron chi connectivity index (χ3n) is 4.03. The number of carbonyl (C=O) groups is 1. The molecule has 0 amide bonds. The number of rotatable bonds is 5. The van der Waals surface area contributed by atoms with Crippen LogP contribution in [0.4, 0.5) is 0 Å². The highest BCUT2D eigenvalue weighted by Crippen LogP contribution is 2.23. The first kappa shape index (κ1) is 14.1. The number of carboxylic acid groups (broad SMARTS) is 1. The summed E-state index contributed by atoms with van der Waals surface area (Å²) in [5.74, 6) is -0.733. The minimum absolute atomic E-state index is 0.393. The van der Waals surface area contributed by atoms with E-state index in [0.717, 1.165) is 6.42 Å². The quantitative estimate of drug-likeness (QED) is 0.885. The molecule has 0 heterocycles. The molecule has 3 nitrogen and oxygen atoms in total. The van der Waals surface area contributed by atoms with Gasteiger partial charge in [-0.3, -0.25) is 9.69 Å². The van der Waals surface area contributed by atoms with Gasteiger partial charge in [0.25, 0.3) is 0 Å². The highest BCUT2D eigenvalue weighted by Gasteiger charge is 2.19. The molecule has 0 spiro atoms. The van der Waals surface area contributed by atoms with Crippen molar-refractivity contribution in [1.82, 2.24) is 4.90 Å². The summed E-state index contributed by atoms with van der Waals surface area (Å²) in [5, 5.41) is 9.17. The summed E-state index contributed by atoms with van der Waals surface area (Å²) in [6.07, 6.45) is 6.47. The highest BCUT2D eigenvalue weighted by atomic mass is 16.4. The van der Waals surface area contributed by atoms with Crippen molar-refractivity contribution in [2.24, 2.45) is 0 Å². The van der Waals surface area contributed by atoms with Crippen LogP contribution in [0.5, 0.6) is 0 Å². The second-order valence-corrected chi connectivity index (χ2v) is 5.67. The zero-order chi connectivity index (χ0) is 13.8. The number of likely N-dealkylation sites (N-methyl/N-ethyl adjacent to an activating group) is 1. The summed E-state index contributed by atoms with van der Waals surface area (Å²) in [5.41, 5.74) is 4.23. The first-order valence-electron chi connectivity index (χ1n) is 7.08. The maximum absolute atomic E-state index is 11.2. The zero-order valence-corrected chi connectivity index (χ0v) is 11.9. The number of benzene rings is 1. The van der Waals surface area contributed by atoms with Gasteiger partial charge in [-0.15, -0.1) is 0 Å². The van der Waals surface area contributed by atoms with E-state index in [1.807, 2.05) is 14.1 Å². The van der Waals surface area contributed by atoms with Crippen LogP contribution in [-0.2, 0) is 24.1 Å². The maximum atomic E-state index is 11.2. The van der Waals surface area contributed by atoms with Crippen LogP contribution < -0.4 is 0 Å². The summed E-state index contributed by atoms with van der Waals surface area (Å²) < 4.78 is 0. The van der Waals surface area contributed by atoms with Gasteiger partial charge in [0.2, 0.25) is 0 Å². The van der Waals surface area contributed by atoms with Crippen molar-refractivity contribution in [2.75, 3.05) is 14.1 Å². The lowest BCUT2D eigenvalue weighted by Gasteiger charge is -2.21. The van der Waals surface area contributed by atoms with Crippen molar-refractivity contribution >= 4 is 5.97 Å². The highest BCUT2D eigenvalue weighted by molar-refractivity contribution is 5.73. The Morgan fingerprint density at radius 3 is 2.58 bits per heavy atom. The van der Waals surface area contributed by atoms with E-state index in [-0.39, 0.29) is 0 Å². The van der Waals surface area contributed by atoms with Gasteiger partial charge in [0.1, 0.15) is 6.04 Å². The third-order valence-corrected chi connectivity index (χ3v) is 4.03. The Hall–Kier alpha value is -1.35. The minimum atomic E-state index is -0.733. The van der Waals surface area contributed by atoms with Crippen LogP contribution >= 0.6 is 0 Å². The minimum Gasteiger partial charge on any atom is -0.480 e. The molecule has 19 heavy (non-hydrogen) atoms. The molecule has 3 heteroatoms. The number of hydrogen-bond acceptors (Lipinski definition) is 2. The first-order valence-corrected chi connectivity index (χ1v) is 7.08. The van der Waals surface area contributed by atoms with E-state index in [4.69, 9.17) is 0 Å². The first-order chi connectivity index (χ1) is 9.08. The Morgan fingerprint density at radius 2 is 1.95 bits per heavy atom. The van der Waals surface area contributed by atoms with Crippen LogP contribution in [-0.4, -0.2) is 36.1 Å². The van der Waals surface area contributed by atoms with Crippen molar-refractivity contribution in [2.45, 2.75) is 44.6 Å². The number of hydrogen-bond donors (Lipinski definition) is 1. The summed E-state index contributed by atoms with van der Waals surface area (Å²) in [4.78, 5) is 12.9. The Balaban J connectivity index is 2.01. The van der Waals surface area contributed by atoms with Gasteiger partial charge in [-0.2, -0.15) is 0 Å². The molecule has 0 radical (unpaired) electrons. The molecule has 0 aromatic heterocycles. The lowest BCUT2D eigenvalue weighted by molar-refractivity contribution is -0.142. The largest absolute Gasteiger partial charge is 0.480 e. The van der Waals surface area contributed by atoms with Crippen molar-refractivity contribution in [1.29, 1.82) is 0 Å². The molecule has 0 aliphatic heterocycles. The van der Waals surface area contributed by atoms with Crippen LogP contribution in [0.1, 0.15) is 36.0 Å². The normalized spacial score (nSPS) is 16.2. The molecule has 0 saturated carbocycles. The fourth-order valence-electron chi connectivity index (χ4n) is 2.85. The predicted octanol–water partition coefficient (Wildman–Crippen LogP) is 2.51. The van der Waals surface area contributed by atoms with Crippen LogP contribution in [0.3, 0.4) is 0 Å². The number of aliphatic carboxylic acids is 1. The SMILES string of the molecule is CN(C)C(CCc1ccc2c(c1)CCCC2)C(=O)O. The Morgan fingerprint density at radius 1 is 1.26 bits per heavy atom. The van der Waals surface area contributed by atoms with Crippen molar-refractivity contribution in [3.8, 4) is 0 Å². The van der Waals surface area contributed by atoms with Gasteiger partial charge in [-0.05, 0) is 69.3 Å². The Kier molecular flexibility index (Phi) is 4.59. The van der Waals surface area contributed by atoms with E-state index in [9.17, 15) is 9.90 Å². The van der Waals surface area contributed by atoms with Crippen LogP contribution in [0.15, 0.2) is 18.2 Å². The zero-order valence-electron chi connectivity index (χ0n) is 11.9. The van der Waals surface area contributed by atoms with Gasteiger partial charge in [-0.1, -0.05) is 18.2 Å². The third kappa shape index (κ3) is 3.57. The average molecular weight is 261 g/mol. The van der Waals surface area contributed by atoms with Gasteiger partial charge in [0.15, 0.2) is 0 Å². The molecular weight excluding hydrogens is 238 g/mol. The molecule has 1 atom stereocenters. The van der Waals surface area contributed by atoms with E-state index >= 15 is 0 Å². The topological polar surface area (TPSA) is 40.5 Å². The van der Waals surface area contributed by atoms with Gasteiger partial charge in [0, 0.05) is 0 Å². The summed E-state index contributed by atoms with van der Waals surface area (Å²) in [6, 6.07) is 6.29. The van der Waals surface area contributed by atoms with Gasteiger partial charge in [0.05, 0.1) is 0 Å². The standard InChI is InChI=1S/C16H23NO2/c1-17(2)15(16(18)19)10-8-12-7-9-13-5-3-4-6-14(13)11-12/h7,9,11,15H,3-6,8,10H2,1-2H3,(H,18,19). The smallest absolute Gasteiger partial charge is 0.320 e. The summed E-state index contributed by atoms with van der Waals surface area (Å²) in [6.45, 7) is 0. The number of nitrogens with zero attached hydrogens (tertiary/aromatic N) is 1. The second kappa shape index (κ2) is 6.20. The van der Waals surface area contributed by atoms with Crippen LogP contribution in [0.25, 0.3) is 0 Å². The molecule has 1 aromatic carbocycles. The second-order valence-electron chi connectivity index (χ2n) is 5.67. The van der Waals surface area contributed by atoms with Crippen LogP contribution in [0.2, 0.25) is 0 Å². The van der Waals surface area contributed by atoms with Gasteiger partial charge < -0.3 is 5.11 Å². The molecule has 0 bridgehead atoms. The number of carboxylic acids is 1. The lowest BCUT2D eigenvalue weighted by Crippen LogP contribution is -2.35. The monoisotopic (exact) mass is 261 g/mol. The van der Waals surface area contributed by atoms with E-state index in [2.05, 4.69) is 18.2 Å². The summed E-state index contributed by atoms with van der Waals surface area (Å²) >= 11 is 0. The molecule has 104 valence electrons. The van der Waals surface area contributed by atoms with Crippen molar-refractivity contribution in [3.05, 3.63) is 34.9 Å². The Bertz CT molecular complexity index is 454. The molecule has 0 fully saturated rings. The van der Waals surface area contributed by atoms with Gasteiger partial charge in [-0.25, -0.2) is 0 Å². The molecular formula is C16H23NO2. The molecule has 2 rings (SSSR count). The maximum Gasteiger partial charge on any atom is 0.320 e. The van der Waals surface area contributed by atoms with E-state index in [1.54, 1.807) is 4.90 Å². The van der Waals surface area contributed by atoms with Crippen LogP contribution in [0, 0.1) is 0 Å². The van der Waals surface area contributed by atoms with E-state index < -0.39 is 12.0 Å². The molecule has 0 saturated heterocycles.